The van der Waals surface area contributed by atoms with Crippen molar-refractivity contribution in [2.24, 2.45) is 0 Å². The molecule has 6 heteroatoms. The third kappa shape index (κ3) is 2.25. The Labute approximate surface area is 96.3 Å². The highest BCUT2D eigenvalue weighted by Crippen LogP contribution is 2.15. The van der Waals surface area contributed by atoms with Crippen LogP contribution < -0.4 is 5.32 Å². The molecule has 2 aromatic rings. The Balaban J connectivity index is 2.27. The molecule has 0 aliphatic rings. The second-order valence-corrected chi connectivity index (χ2v) is 3.52. The molecule has 1 aromatic heterocycles. The first kappa shape index (κ1) is 11.1. The van der Waals surface area contributed by atoms with Gasteiger partial charge in [-0.2, -0.15) is 0 Å². The number of hydrogen-bond donors (Lipinski definition) is 2. The number of Topliss-reactive ketones (excluding diaryl/α,β-unsaturated/α-hetero) is 1. The van der Waals surface area contributed by atoms with Gasteiger partial charge in [-0.3, -0.25) is 4.79 Å². The van der Waals surface area contributed by atoms with Gasteiger partial charge in [0.15, 0.2) is 5.58 Å². The molecule has 17 heavy (non-hydrogen) atoms. The lowest BCUT2D eigenvalue weighted by molar-refractivity contribution is 0.0913. The van der Waals surface area contributed by atoms with Gasteiger partial charge in [0, 0.05) is 0 Å². The van der Waals surface area contributed by atoms with Crippen LogP contribution in [0.4, 0.5) is 4.79 Å². The zero-order valence-corrected chi connectivity index (χ0v) is 9.01. The number of carboxylic acid groups (broad SMARTS) is 1. The van der Waals surface area contributed by atoms with Gasteiger partial charge in [-0.25, -0.2) is 9.78 Å². The number of rotatable bonds is 3. The topological polar surface area (TPSA) is 92.4 Å². The first-order chi connectivity index (χ1) is 8.08. The van der Waals surface area contributed by atoms with E-state index in [9.17, 15) is 9.59 Å². The predicted octanol–water partition coefficient (Wildman–Crippen LogP) is 1.67. The van der Waals surface area contributed by atoms with E-state index in [-0.39, 0.29) is 5.89 Å². The number of carbonyl (C=O) groups excluding carboxylic acids is 1. The van der Waals surface area contributed by atoms with Crippen LogP contribution >= 0.6 is 0 Å². The van der Waals surface area contributed by atoms with Crippen LogP contribution in [0.15, 0.2) is 28.7 Å². The van der Waals surface area contributed by atoms with Crippen molar-refractivity contribution in [3.05, 3.63) is 30.2 Å². The van der Waals surface area contributed by atoms with E-state index < -0.39 is 17.9 Å². The lowest BCUT2D eigenvalue weighted by Gasteiger charge is -2.06. The molecule has 0 aliphatic carbocycles. The minimum atomic E-state index is -1.26. The van der Waals surface area contributed by atoms with Crippen molar-refractivity contribution in [1.29, 1.82) is 0 Å². The van der Waals surface area contributed by atoms with Crippen LogP contribution in [-0.2, 0) is 0 Å². The first-order valence-corrected chi connectivity index (χ1v) is 4.97. The molecule has 2 N–H and O–H groups in total. The largest absolute Gasteiger partial charge is 0.465 e. The van der Waals surface area contributed by atoms with Crippen molar-refractivity contribution in [3.63, 3.8) is 0 Å². The Hall–Kier alpha value is -2.37. The van der Waals surface area contributed by atoms with Crippen LogP contribution in [0.2, 0.25) is 0 Å². The number of hydrogen-bond acceptors (Lipinski definition) is 4. The Kier molecular flexibility index (Phi) is 2.78. The monoisotopic (exact) mass is 234 g/mol. The van der Waals surface area contributed by atoms with E-state index in [1.165, 1.54) is 6.92 Å². The van der Waals surface area contributed by atoms with Crippen molar-refractivity contribution in [1.82, 2.24) is 10.3 Å². The van der Waals surface area contributed by atoms with Crippen molar-refractivity contribution < 1.29 is 19.1 Å². The van der Waals surface area contributed by atoms with Crippen molar-refractivity contribution in [2.45, 2.75) is 13.0 Å². The minimum absolute atomic E-state index is 0.0903. The first-order valence-electron chi connectivity index (χ1n) is 4.97. The summed E-state index contributed by atoms with van der Waals surface area (Å²) < 4.78 is 5.24. The van der Waals surface area contributed by atoms with E-state index in [1.807, 2.05) is 0 Å². The molecule has 1 unspecified atom stereocenters. The van der Waals surface area contributed by atoms with Gasteiger partial charge in [0.05, 0.1) is 6.04 Å². The quantitative estimate of drug-likeness (QED) is 0.788. The van der Waals surface area contributed by atoms with Gasteiger partial charge in [-0.1, -0.05) is 12.1 Å². The van der Waals surface area contributed by atoms with Crippen LogP contribution in [0, 0.1) is 0 Å². The molecule has 0 aliphatic heterocycles. The van der Waals surface area contributed by atoms with Crippen molar-refractivity contribution in [2.75, 3.05) is 0 Å². The van der Waals surface area contributed by atoms with Gasteiger partial charge in [0.2, 0.25) is 5.78 Å². The molecule has 0 fully saturated rings. The molecule has 2 rings (SSSR count). The minimum Gasteiger partial charge on any atom is -0.465 e. The number of para-hydroxylation sites is 2. The molecule has 1 heterocycles. The highest BCUT2D eigenvalue weighted by atomic mass is 16.4. The molecule has 6 nitrogen and oxygen atoms in total. The van der Waals surface area contributed by atoms with E-state index >= 15 is 0 Å². The van der Waals surface area contributed by atoms with E-state index in [0.29, 0.717) is 11.1 Å². The molecule has 0 spiro atoms. The molecule has 0 saturated carbocycles. The smallest absolute Gasteiger partial charge is 0.405 e. The lowest BCUT2D eigenvalue weighted by Crippen LogP contribution is -2.37. The molecule has 0 saturated heterocycles. The Morgan fingerprint density at radius 3 is 2.76 bits per heavy atom. The second kappa shape index (κ2) is 4.25. The van der Waals surface area contributed by atoms with Crippen LogP contribution in [0.1, 0.15) is 17.6 Å². The van der Waals surface area contributed by atoms with Crippen LogP contribution in [0.3, 0.4) is 0 Å². The number of aromatic nitrogens is 1. The van der Waals surface area contributed by atoms with Crippen molar-refractivity contribution >= 4 is 23.0 Å². The fourth-order valence-electron chi connectivity index (χ4n) is 1.41. The van der Waals surface area contributed by atoms with Gasteiger partial charge >= 0.3 is 6.09 Å². The van der Waals surface area contributed by atoms with E-state index in [4.69, 9.17) is 9.52 Å². The van der Waals surface area contributed by atoms with Crippen molar-refractivity contribution in [3.8, 4) is 0 Å². The normalized spacial score (nSPS) is 12.3. The Morgan fingerprint density at radius 2 is 2.12 bits per heavy atom. The number of oxazole rings is 1. The SMILES string of the molecule is CC(NC(=O)O)C(=O)c1nc2ccccc2o1. The number of nitrogens with one attached hydrogen (secondary N) is 1. The average molecular weight is 234 g/mol. The summed E-state index contributed by atoms with van der Waals surface area (Å²) in [7, 11) is 0. The van der Waals surface area contributed by atoms with Gasteiger partial charge in [0.1, 0.15) is 5.52 Å². The maximum absolute atomic E-state index is 11.8. The summed E-state index contributed by atoms with van der Waals surface area (Å²) in [4.78, 5) is 26.2. The summed E-state index contributed by atoms with van der Waals surface area (Å²) in [5.74, 6) is -0.587. The maximum Gasteiger partial charge on any atom is 0.405 e. The molecule has 0 radical (unpaired) electrons. The number of fused-ring (bicyclic) bond motifs is 1. The fraction of sp³-hybridized carbons (Fsp3) is 0.182. The van der Waals surface area contributed by atoms with E-state index in [2.05, 4.69) is 10.3 Å². The summed E-state index contributed by atoms with van der Waals surface area (Å²) in [5.41, 5.74) is 1.07. The molecular weight excluding hydrogens is 224 g/mol. The van der Waals surface area contributed by atoms with Crippen LogP contribution in [0.5, 0.6) is 0 Å². The summed E-state index contributed by atoms with van der Waals surface area (Å²) >= 11 is 0. The average Bonchev–Trinajstić information content (AvgIpc) is 2.70. The van der Waals surface area contributed by atoms with Crippen LogP contribution in [0.25, 0.3) is 11.1 Å². The van der Waals surface area contributed by atoms with Gasteiger partial charge < -0.3 is 14.8 Å². The molecule has 1 atom stereocenters. The van der Waals surface area contributed by atoms with Gasteiger partial charge in [-0.05, 0) is 19.1 Å². The second-order valence-electron chi connectivity index (χ2n) is 3.52. The summed E-state index contributed by atoms with van der Waals surface area (Å²) in [6.45, 7) is 1.44. The number of benzene rings is 1. The van der Waals surface area contributed by atoms with Crippen LogP contribution in [-0.4, -0.2) is 28.0 Å². The van der Waals surface area contributed by atoms with Gasteiger partial charge in [0.25, 0.3) is 5.89 Å². The van der Waals surface area contributed by atoms with E-state index in [0.717, 1.165) is 0 Å². The number of nitrogens with zero attached hydrogens (tertiary/aromatic N) is 1. The summed E-state index contributed by atoms with van der Waals surface area (Å²) in [6.07, 6.45) is -1.26. The molecule has 1 aromatic carbocycles. The van der Waals surface area contributed by atoms with Gasteiger partial charge in [-0.15, -0.1) is 0 Å². The molecule has 88 valence electrons. The molecule has 0 bridgehead atoms. The molecule has 1 amide bonds. The Bertz CT molecular complexity index is 543. The zero-order chi connectivity index (χ0) is 12.4. The molecular formula is C11H10N2O4. The third-order valence-electron chi connectivity index (χ3n) is 2.24. The lowest BCUT2D eigenvalue weighted by atomic mass is 10.2. The standard InChI is InChI=1S/C11H10N2O4/c1-6(12-11(15)16)9(14)10-13-7-4-2-3-5-8(7)17-10/h2-6,12H,1H3,(H,15,16). The third-order valence-corrected chi connectivity index (χ3v) is 2.24. The Morgan fingerprint density at radius 1 is 1.41 bits per heavy atom. The fourth-order valence-corrected chi connectivity index (χ4v) is 1.41. The van der Waals surface area contributed by atoms with E-state index in [1.54, 1.807) is 24.3 Å². The highest BCUT2D eigenvalue weighted by Gasteiger charge is 2.22. The number of carbonyl (C=O) groups is 2. The zero-order valence-electron chi connectivity index (χ0n) is 9.01. The summed E-state index contributed by atoms with van der Waals surface area (Å²) in [5, 5.41) is 10.6. The highest BCUT2D eigenvalue weighted by molar-refractivity contribution is 5.99. The predicted molar refractivity (Wildman–Crippen MR) is 59.0 cm³/mol. The maximum atomic E-state index is 11.8. The number of ketones is 1. The summed E-state index contributed by atoms with van der Waals surface area (Å²) in [6, 6.07) is 6.05. The number of amides is 1.